The van der Waals surface area contributed by atoms with Crippen molar-refractivity contribution in [3.05, 3.63) is 29.8 Å². The minimum atomic E-state index is -0.841. The summed E-state index contributed by atoms with van der Waals surface area (Å²) in [6, 6.07) is 7.80. The Morgan fingerprint density at radius 1 is 1.30 bits per heavy atom. The molecule has 2 amide bonds. The van der Waals surface area contributed by atoms with Gasteiger partial charge in [-0.05, 0) is 30.9 Å². The van der Waals surface area contributed by atoms with Gasteiger partial charge in [-0.3, -0.25) is 9.69 Å². The van der Waals surface area contributed by atoms with Crippen molar-refractivity contribution in [3.63, 3.8) is 0 Å². The second-order valence-electron chi connectivity index (χ2n) is 5.60. The van der Waals surface area contributed by atoms with Crippen LogP contribution < -0.4 is 4.90 Å². The minimum absolute atomic E-state index is 0.0918. The van der Waals surface area contributed by atoms with Crippen LogP contribution in [0.5, 0.6) is 0 Å². The van der Waals surface area contributed by atoms with E-state index in [1.165, 1.54) is 0 Å². The Bertz CT molecular complexity index is 554. The molecule has 1 fully saturated rings. The van der Waals surface area contributed by atoms with E-state index in [2.05, 4.69) is 0 Å². The van der Waals surface area contributed by atoms with E-state index in [1.54, 1.807) is 16.8 Å². The van der Waals surface area contributed by atoms with Gasteiger partial charge < -0.3 is 10.0 Å². The first-order valence-corrected chi connectivity index (χ1v) is 6.93. The fraction of sp³-hybridized carbons (Fsp3) is 0.467. The van der Waals surface area contributed by atoms with Crippen LogP contribution in [0.1, 0.15) is 18.4 Å². The molecule has 1 unspecified atom stereocenters. The third-order valence-corrected chi connectivity index (χ3v) is 4.13. The molecule has 5 nitrogen and oxygen atoms in total. The summed E-state index contributed by atoms with van der Waals surface area (Å²) in [4.78, 5) is 27.2. The number of carboxylic acids is 1. The molecule has 3 rings (SSSR count). The normalized spacial score (nSPS) is 21.2. The average Bonchev–Trinajstić information content (AvgIpc) is 3.29. The van der Waals surface area contributed by atoms with Gasteiger partial charge in [0.25, 0.3) is 0 Å². The van der Waals surface area contributed by atoms with E-state index < -0.39 is 11.9 Å². The lowest BCUT2D eigenvalue weighted by Crippen LogP contribution is -2.48. The second-order valence-corrected chi connectivity index (χ2v) is 5.60. The van der Waals surface area contributed by atoms with E-state index in [-0.39, 0.29) is 12.6 Å². The van der Waals surface area contributed by atoms with Crippen LogP contribution in [0.2, 0.25) is 0 Å². The number of rotatable bonds is 2. The topological polar surface area (TPSA) is 60.9 Å². The number of carbonyl (C=O) groups excluding carboxylic acids is 1. The summed E-state index contributed by atoms with van der Waals surface area (Å²) in [5, 5.41) is 9.27. The third kappa shape index (κ3) is 2.24. The highest BCUT2D eigenvalue weighted by atomic mass is 16.4. The van der Waals surface area contributed by atoms with Gasteiger partial charge in [-0.2, -0.15) is 0 Å². The van der Waals surface area contributed by atoms with E-state index in [0.29, 0.717) is 12.5 Å². The fourth-order valence-electron chi connectivity index (χ4n) is 2.75. The molecule has 106 valence electrons. The van der Waals surface area contributed by atoms with E-state index in [9.17, 15) is 14.7 Å². The molecule has 1 aromatic rings. The maximum absolute atomic E-state index is 12.6. The van der Waals surface area contributed by atoms with E-state index >= 15 is 0 Å². The number of fused-ring (bicyclic) bond motifs is 1. The monoisotopic (exact) mass is 274 g/mol. The Hall–Kier alpha value is -2.04. The van der Waals surface area contributed by atoms with Gasteiger partial charge in [-0.25, -0.2) is 4.79 Å². The molecule has 2 aliphatic rings. The summed E-state index contributed by atoms with van der Waals surface area (Å²) in [7, 11) is 1.80. The molecule has 0 aromatic heterocycles. The van der Waals surface area contributed by atoms with Crippen molar-refractivity contribution in [3.8, 4) is 0 Å². The lowest BCUT2D eigenvalue weighted by atomic mass is 9.93. The lowest BCUT2D eigenvalue weighted by molar-refractivity contribution is -0.141. The maximum Gasteiger partial charge on any atom is 0.324 e. The van der Waals surface area contributed by atoms with Gasteiger partial charge in [-0.1, -0.05) is 18.2 Å². The largest absolute Gasteiger partial charge is 0.481 e. The average molecular weight is 274 g/mol. The Labute approximate surface area is 117 Å². The lowest BCUT2D eigenvalue weighted by Gasteiger charge is -2.35. The van der Waals surface area contributed by atoms with Crippen LogP contribution in [0.15, 0.2) is 24.3 Å². The number of benzene rings is 1. The Balaban J connectivity index is 1.91. The number of anilines is 1. The van der Waals surface area contributed by atoms with Crippen LogP contribution in [0.25, 0.3) is 0 Å². The van der Waals surface area contributed by atoms with Gasteiger partial charge in [0, 0.05) is 25.3 Å². The Kier molecular flexibility index (Phi) is 3.12. The minimum Gasteiger partial charge on any atom is -0.481 e. The second kappa shape index (κ2) is 4.81. The quantitative estimate of drug-likeness (QED) is 0.896. The smallest absolute Gasteiger partial charge is 0.324 e. The highest BCUT2D eigenvalue weighted by Crippen LogP contribution is 2.33. The molecule has 5 heteroatoms. The number of urea groups is 1. The summed E-state index contributed by atoms with van der Waals surface area (Å²) < 4.78 is 0. The first kappa shape index (κ1) is 13.0. The number of carbonyl (C=O) groups is 2. The fourth-order valence-corrected chi connectivity index (χ4v) is 2.75. The number of hydrogen-bond donors (Lipinski definition) is 1. The van der Waals surface area contributed by atoms with E-state index in [1.807, 2.05) is 24.3 Å². The van der Waals surface area contributed by atoms with Gasteiger partial charge in [0.05, 0.1) is 5.92 Å². The van der Waals surface area contributed by atoms with Crippen molar-refractivity contribution in [2.24, 2.45) is 5.92 Å². The van der Waals surface area contributed by atoms with E-state index in [4.69, 9.17) is 0 Å². The zero-order valence-electron chi connectivity index (χ0n) is 11.5. The van der Waals surface area contributed by atoms with Crippen LogP contribution in [-0.4, -0.2) is 41.6 Å². The van der Waals surface area contributed by atoms with Crippen molar-refractivity contribution in [1.29, 1.82) is 0 Å². The van der Waals surface area contributed by atoms with Crippen molar-refractivity contribution in [2.75, 3.05) is 18.5 Å². The highest BCUT2D eigenvalue weighted by molar-refractivity contribution is 5.94. The highest BCUT2D eigenvalue weighted by Gasteiger charge is 2.37. The molecule has 1 aliphatic carbocycles. The molecule has 20 heavy (non-hydrogen) atoms. The number of nitrogens with zero attached hydrogens (tertiary/aromatic N) is 2. The molecule has 1 aromatic carbocycles. The first-order chi connectivity index (χ1) is 9.58. The zero-order chi connectivity index (χ0) is 14.3. The number of carboxylic acid groups (broad SMARTS) is 1. The molecular formula is C15H18N2O3. The summed E-state index contributed by atoms with van der Waals surface area (Å²) in [6.07, 6.45) is 2.57. The molecule has 1 heterocycles. The number of aliphatic carboxylic acids is 1. The van der Waals surface area contributed by atoms with Crippen LogP contribution in [0.4, 0.5) is 10.5 Å². The Morgan fingerprint density at radius 3 is 2.65 bits per heavy atom. The van der Waals surface area contributed by atoms with Crippen molar-refractivity contribution in [2.45, 2.75) is 25.3 Å². The molecular weight excluding hydrogens is 256 g/mol. The van der Waals surface area contributed by atoms with Crippen molar-refractivity contribution in [1.82, 2.24) is 4.90 Å². The molecule has 1 N–H and O–H groups in total. The van der Waals surface area contributed by atoms with Crippen LogP contribution in [0.3, 0.4) is 0 Å². The molecule has 1 aliphatic heterocycles. The molecule has 0 spiro atoms. The molecule has 0 saturated heterocycles. The van der Waals surface area contributed by atoms with Crippen molar-refractivity contribution < 1.29 is 14.7 Å². The van der Waals surface area contributed by atoms with E-state index in [0.717, 1.165) is 24.1 Å². The zero-order valence-corrected chi connectivity index (χ0v) is 11.5. The molecule has 0 bridgehead atoms. The molecule has 1 saturated carbocycles. The summed E-state index contributed by atoms with van der Waals surface area (Å²) >= 11 is 0. The van der Waals surface area contributed by atoms with Crippen LogP contribution >= 0.6 is 0 Å². The first-order valence-electron chi connectivity index (χ1n) is 6.93. The van der Waals surface area contributed by atoms with Gasteiger partial charge in [-0.15, -0.1) is 0 Å². The van der Waals surface area contributed by atoms with Crippen LogP contribution in [-0.2, 0) is 11.2 Å². The van der Waals surface area contributed by atoms with Gasteiger partial charge >= 0.3 is 12.0 Å². The predicted molar refractivity (Wildman–Crippen MR) is 74.8 cm³/mol. The number of amides is 2. The maximum atomic E-state index is 12.6. The molecule has 0 radical (unpaired) electrons. The van der Waals surface area contributed by atoms with Crippen LogP contribution in [0, 0.1) is 5.92 Å². The van der Waals surface area contributed by atoms with Crippen molar-refractivity contribution >= 4 is 17.7 Å². The SMILES string of the molecule is CN(C(=O)N1CC(C(=O)O)Cc2ccccc21)C1CC1. The summed E-state index contributed by atoms with van der Waals surface area (Å²) in [5.41, 5.74) is 1.78. The number of hydrogen-bond acceptors (Lipinski definition) is 2. The third-order valence-electron chi connectivity index (χ3n) is 4.13. The standard InChI is InChI=1S/C15H18N2O3/c1-16(12-6-7-12)15(20)17-9-11(14(18)19)8-10-4-2-3-5-13(10)17/h2-5,11-12H,6-9H2,1H3,(H,18,19). The number of para-hydroxylation sites is 1. The summed E-state index contributed by atoms with van der Waals surface area (Å²) in [5.74, 6) is -1.37. The van der Waals surface area contributed by atoms with Gasteiger partial charge in [0.1, 0.15) is 0 Å². The summed E-state index contributed by atoms with van der Waals surface area (Å²) in [6.45, 7) is 0.252. The molecule has 1 atom stereocenters. The van der Waals surface area contributed by atoms with Gasteiger partial charge in [0.2, 0.25) is 0 Å². The Morgan fingerprint density at radius 2 is 2.00 bits per heavy atom. The predicted octanol–water partition coefficient (Wildman–Crippen LogP) is 1.96. The van der Waals surface area contributed by atoms with Gasteiger partial charge in [0.15, 0.2) is 0 Å².